The van der Waals surface area contributed by atoms with Crippen molar-refractivity contribution in [1.82, 2.24) is 9.97 Å². The second kappa shape index (κ2) is 4.90. The van der Waals surface area contributed by atoms with Gasteiger partial charge in [0.05, 0.1) is 22.4 Å². The lowest BCUT2D eigenvalue weighted by Gasteiger charge is -2.07. The van der Waals surface area contributed by atoms with Crippen LogP contribution in [0.3, 0.4) is 0 Å². The largest absolute Gasteiger partial charge is 0.455 e. The second-order valence-electron chi connectivity index (χ2n) is 5.93. The molecule has 0 atom stereocenters. The molecule has 0 aliphatic carbocycles. The van der Waals surface area contributed by atoms with Crippen LogP contribution in [-0.4, -0.2) is 9.97 Å². The minimum absolute atomic E-state index is 0.867. The van der Waals surface area contributed by atoms with E-state index in [1.807, 2.05) is 49.4 Å². The van der Waals surface area contributed by atoms with E-state index in [4.69, 9.17) is 14.4 Å². The van der Waals surface area contributed by atoms with Crippen LogP contribution in [0.1, 0.15) is 5.69 Å². The maximum absolute atomic E-state index is 6.14. The highest BCUT2D eigenvalue weighted by atomic mass is 16.3. The van der Waals surface area contributed by atoms with Gasteiger partial charge < -0.3 is 4.42 Å². The number of aromatic nitrogens is 2. The van der Waals surface area contributed by atoms with E-state index in [0.717, 1.165) is 49.9 Å². The van der Waals surface area contributed by atoms with Crippen molar-refractivity contribution in [2.75, 3.05) is 0 Å². The first-order chi connectivity index (χ1) is 11.8. The molecule has 3 nitrogen and oxygen atoms in total. The molecule has 0 aliphatic heterocycles. The van der Waals surface area contributed by atoms with E-state index in [0.29, 0.717) is 0 Å². The van der Waals surface area contributed by atoms with Crippen molar-refractivity contribution >= 4 is 33.0 Å². The van der Waals surface area contributed by atoms with E-state index < -0.39 is 0 Å². The van der Waals surface area contributed by atoms with Crippen molar-refractivity contribution in [3.63, 3.8) is 0 Å². The Hall–Kier alpha value is -3.20. The molecule has 2 aromatic heterocycles. The summed E-state index contributed by atoms with van der Waals surface area (Å²) in [6.07, 6.45) is 0. The Morgan fingerprint density at radius 1 is 0.708 bits per heavy atom. The van der Waals surface area contributed by atoms with Gasteiger partial charge in [0.25, 0.3) is 0 Å². The zero-order valence-electron chi connectivity index (χ0n) is 13.2. The van der Waals surface area contributed by atoms with Crippen LogP contribution in [0.2, 0.25) is 0 Å². The molecule has 0 N–H and O–H groups in total. The highest BCUT2D eigenvalue weighted by Gasteiger charge is 2.15. The molecule has 0 unspecified atom stereocenters. The molecule has 24 heavy (non-hydrogen) atoms. The Kier molecular flexibility index (Phi) is 2.71. The van der Waals surface area contributed by atoms with Gasteiger partial charge in [-0.15, -0.1) is 0 Å². The van der Waals surface area contributed by atoms with E-state index in [2.05, 4.69) is 24.3 Å². The molecule has 2 heterocycles. The Balaban J connectivity index is 1.88. The van der Waals surface area contributed by atoms with Crippen molar-refractivity contribution in [3.05, 3.63) is 72.4 Å². The summed E-state index contributed by atoms with van der Waals surface area (Å²) in [6.45, 7) is 2.00. The quantitative estimate of drug-likeness (QED) is 0.410. The molecule has 0 spiro atoms. The minimum Gasteiger partial charge on any atom is -0.455 e. The van der Waals surface area contributed by atoms with Crippen LogP contribution in [0.5, 0.6) is 0 Å². The van der Waals surface area contributed by atoms with Crippen LogP contribution < -0.4 is 0 Å². The molecular formula is C21H14N2O. The smallest absolute Gasteiger partial charge is 0.144 e. The summed E-state index contributed by atoms with van der Waals surface area (Å²) < 4.78 is 6.14. The molecule has 5 aromatic rings. The summed E-state index contributed by atoms with van der Waals surface area (Å²) in [7, 11) is 0. The van der Waals surface area contributed by atoms with Crippen molar-refractivity contribution in [2.24, 2.45) is 0 Å². The van der Waals surface area contributed by atoms with E-state index >= 15 is 0 Å². The van der Waals surface area contributed by atoms with E-state index in [-0.39, 0.29) is 0 Å². The predicted molar refractivity (Wildman–Crippen MR) is 97.0 cm³/mol. The number of hydrogen-bond acceptors (Lipinski definition) is 3. The molecule has 0 saturated carbocycles. The molecule has 0 fully saturated rings. The lowest BCUT2D eigenvalue weighted by atomic mass is 10.1. The van der Waals surface area contributed by atoms with Crippen molar-refractivity contribution in [2.45, 2.75) is 6.92 Å². The first kappa shape index (κ1) is 13.3. The maximum atomic E-state index is 6.14. The minimum atomic E-state index is 0.867. The fraction of sp³-hybridized carbons (Fsp3) is 0.0476. The average molecular weight is 310 g/mol. The van der Waals surface area contributed by atoms with Gasteiger partial charge in [-0.1, -0.05) is 42.5 Å². The summed E-state index contributed by atoms with van der Waals surface area (Å²) in [6, 6.07) is 22.2. The monoisotopic (exact) mass is 310 g/mol. The van der Waals surface area contributed by atoms with Gasteiger partial charge >= 0.3 is 0 Å². The second-order valence-corrected chi connectivity index (χ2v) is 5.93. The number of hydrogen-bond donors (Lipinski definition) is 0. The number of fused-ring (bicyclic) bond motifs is 4. The fourth-order valence-corrected chi connectivity index (χ4v) is 3.28. The van der Waals surface area contributed by atoms with Crippen LogP contribution in [0, 0.1) is 6.92 Å². The summed E-state index contributed by atoms with van der Waals surface area (Å²) >= 11 is 0. The first-order valence-corrected chi connectivity index (χ1v) is 7.95. The van der Waals surface area contributed by atoms with Crippen LogP contribution in [0.25, 0.3) is 44.2 Å². The van der Waals surface area contributed by atoms with Crippen LogP contribution in [0.15, 0.2) is 71.1 Å². The molecular weight excluding hydrogens is 296 g/mol. The maximum Gasteiger partial charge on any atom is 0.144 e. The van der Waals surface area contributed by atoms with Gasteiger partial charge in [-0.3, -0.25) is 0 Å². The predicted octanol–water partition coefficient (Wildman–Crippen LogP) is 5.50. The summed E-state index contributed by atoms with van der Waals surface area (Å²) in [4.78, 5) is 9.55. The van der Waals surface area contributed by atoms with Crippen molar-refractivity contribution in [1.29, 1.82) is 0 Å². The molecule has 3 heteroatoms. The molecule has 114 valence electrons. The first-order valence-electron chi connectivity index (χ1n) is 7.95. The fourth-order valence-electron chi connectivity index (χ4n) is 3.28. The zero-order valence-corrected chi connectivity index (χ0v) is 13.2. The van der Waals surface area contributed by atoms with Gasteiger partial charge in [-0.25, -0.2) is 9.97 Å². The molecule has 0 aliphatic rings. The Labute approximate surface area is 138 Å². The summed E-state index contributed by atoms with van der Waals surface area (Å²) in [5.41, 5.74) is 6.33. The number of furan rings is 1. The normalized spacial score (nSPS) is 11.5. The van der Waals surface area contributed by atoms with Crippen LogP contribution >= 0.6 is 0 Å². The highest BCUT2D eigenvalue weighted by Crippen LogP contribution is 2.36. The zero-order chi connectivity index (χ0) is 16.1. The van der Waals surface area contributed by atoms with Gasteiger partial charge in [0.2, 0.25) is 0 Å². The number of nitrogens with zero attached hydrogens (tertiary/aromatic N) is 2. The topological polar surface area (TPSA) is 38.9 Å². The summed E-state index contributed by atoms with van der Waals surface area (Å²) in [5.74, 6) is 0. The third-order valence-electron chi connectivity index (χ3n) is 4.40. The third kappa shape index (κ3) is 1.85. The number of rotatable bonds is 1. The van der Waals surface area contributed by atoms with Crippen molar-refractivity contribution < 1.29 is 4.42 Å². The van der Waals surface area contributed by atoms with E-state index in [1.165, 1.54) is 0 Å². The highest BCUT2D eigenvalue weighted by molar-refractivity contribution is 6.09. The van der Waals surface area contributed by atoms with E-state index in [9.17, 15) is 0 Å². The van der Waals surface area contributed by atoms with Crippen LogP contribution in [0.4, 0.5) is 0 Å². The van der Waals surface area contributed by atoms with Gasteiger partial charge in [-0.05, 0) is 31.2 Å². The van der Waals surface area contributed by atoms with E-state index in [1.54, 1.807) is 0 Å². The van der Waals surface area contributed by atoms with Gasteiger partial charge in [0, 0.05) is 16.3 Å². The number of aryl methyl sites for hydroxylation is 1. The standard InChI is InChI=1S/C21H14N2O/c1-13-20(23-18-11-4-3-10-17(18)22-13)16-9-6-8-15-14-7-2-5-12-19(14)24-21(15)16/h2-12H,1H3. The van der Waals surface area contributed by atoms with Gasteiger partial charge in [0.15, 0.2) is 0 Å². The number of para-hydroxylation sites is 4. The lowest BCUT2D eigenvalue weighted by molar-refractivity contribution is 0.669. The molecule has 0 bridgehead atoms. The molecule has 0 amide bonds. The van der Waals surface area contributed by atoms with Crippen LogP contribution in [-0.2, 0) is 0 Å². The average Bonchev–Trinajstić information content (AvgIpc) is 3.00. The van der Waals surface area contributed by atoms with Gasteiger partial charge in [-0.2, -0.15) is 0 Å². The molecule has 0 radical (unpaired) electrons. The molecule has 0 saturated heterocycles. The SMILES string of the molecule is Cc1nc2ccccc2nc1-c1cccc2c1oc1ccccc12. The molecule has 3 aromatic carbocycles. The Morgan fingerprint density at radius 2 is 1.42 bits per heavy atom. The number of benzene rings is 3. The van der Waals surface area contributed by atoms with Gasteiger partial charge in [0.1, 0.15) is 11.2 Å². The summed E-state index contributed by atoms with van der Waals surface area (Å²) in [5, 5.41) is 2.23. The Morgan fingerprint density at radius 3 is 2.29 bits per heavy atom. The Bertz CT molecular complexity index is 1220. The lowest BCUT2D eigenvalue weighted by Crippen LogP contribution is -1.94. The molecule has 5 rings (SSSR count). The van der Waals surface area contributed by atoms with Crippen molar-refractivity contribution in [3.8, 4) is 11.3 Å². The third-order valence-corrected chi connectivity index (χ3v) is 4.40.